The van der Waals surface area contributed by atoms with Crippen LogP contribution >= 0.6 is 0 Å². The summed E-state index contributed by atoms with van der Waals surface area (Å²) in [6, 6.07) is 22.9. The predicted octanol–water partition coefficient (Wildman–Crippen LogP) is 6.82. The molecular formula is C35H32FN3O4. The van der Waals surface area contributed by atoms with Crippen LogP contribution in [0.4, 0.5) is 4.39 Å². The van der Waals surface area contributed by atoms with Crippen molar-refractivity contribution in [2.45, 2.75) is 44.7 Å². The van der Waals surface area contributed by atoms with Gasteiger partial charge in [-0.1, -0.05) is 30.3 Å². The van der Waals surface area contributed by atoms with Gasteiger partial charge in [0, 0.05) is 42.0 Å². The molecule has 2 aromatic heterocycles. The maximum Gasteiger partial charge on any atom is 0.303 e. The number of nitrogens with one attached hydrogen (secondary N) is 1. The Morgan fingerprint density at radius 1 is 1.00 bits per heavy atom. The minimum absolute atomic E-state index is 0.0576. The molecule has 43 heavy (non-hydrogen) atoms. The van der Waals surface area contributed by atoms with Crippen molar-refractivity contribution in [2.24, 2.45) is 11.3 Å². The smallest absolute Gasteiger partial charge is 0.303 e. The lowest BCUT2D eigenvalue weighted by molar-refractivity contribution is -0.142. The number of carbonyl (C=O) groups is 2. The van der Waals surface area contributed by atoms with Gasteiger partial charge in [-0.25, -0.2) is 9.37 Å². The Morgan fingerprint density at radius 2 is 1.77 bits per heavy atom. The molecule has 0 bridgehead atoms. The van der Waals surface area contributed by atoms with Crippen molar-refractivity contribution >= 4 is 33.7 Å². The van der Waals surface area contributed by atoms with E-state index in [-0.39, 0.29) is 35.5 Å². The van der Waals surface area contributed by atoms with Crippen molar-refractivity contribution < 1.29 is 23.8 Å². The number of carboxylic acid groups (broad SMARTS) is 1. The molecule has 1 amide bonds. The second kappa shape index (κ2) is 10.5. The van der Waals surface area contributed by atoms with E-state index in [9.17, 15) is 14.0 Å². The topological polar surface area (TPSA) is 93.5 Å². The fourth-order valence-electron chi connectivity index (χ4n) is 7.25. The van der Waals surface area contributed by atoms with Gasteiger partial charge in [-0.3, -0.25) is 9.59 Å². The van der Waals surface area contributed by atoms with E-state index in [1.807, 2.05) is 35.0 Å². The third-order valence-electron chi connectivity index (χ3n) is 9.23. The molecule has 8 heteroatoms. The second-order valence-electron chi connectivity index (χ2n) is 12.2. The van der Waals surface area contributed by atoms with Gasteiger partial charge in [0.2, 0.25) is 5.88 Å². The fourth-order valence-corrected chi connectivity index (χ4v) is 7.25. The Labute approximate surface area is 248 Å². The van der Waals surface area contributed by atoms with Crippen molar-refractivity contribution in [1.82, 2.24) is 14.9 Å². The maximum absolute atomic E-state index is 14.8. The number of amides is 1. The van der Waals surface area contributed by atoms with Crippen molar-refractivity contribution in [1.29, 1.82) is 0 Å². The number of halogens is 1. The number of aliphatic carboxylic acids is 1. The molecule has 3 aromatic carbocycles. The van der Waals surface area contributed by atoms with E-state index in [0.29, 0.717) is 28.9 Å². The van der Waals surface area contributed by atoms with Crippen molar-refractivity contribution in [3.8, 4) is 17.0 Å². The van der Waals surface area contributed by atoms with Crippen LogP contribution < -0.4 is 10.1 Å². The summed E-state index contributed by atoms with van der Waals surface area (Å²) < 4.78 is 22.0. The van der Waals surface area contributed by atoms with E-state index in [2.05, 4.69) is 40.6 Å². The Kier molecular flexibility index (Phi) is 6.64. The molecule has 5 aromatic rings. The van der Waals surface area contributed by atoms with Crippen LogP contribution in [-0.2, 0) is 11.3 Å². The molecule has 1 spiro atoms. The molecule has 0 aliphatic heterocycles. The Morgan fingerprint density at radius 3 is 2.51 bits per heavy atom. The number of fused-ring (bicyclic) bond motifs is 2. The van der Waals surface area contributed by atoms with Gasteiger partial charge in [0.1, 0.15) is 5.82 Å². The summed E-state index contributed by atoms with van der Waals surface area (Å²) in [5, 5.41) is 13.6. The summed E-state index contributed by atoms with van der Waals surface area (Å²) >= 11 is 0. The van der Waals surface area contributed by atoms with E-state index in [4.69, 9.17) is 9.84 Å². The highest BCUT2D eigenvalue weighted by molar-refractivity contribution is 6.06. The van der Waals surface area contributed by atoms with Crippen molar-refractivity contribution in [2.75, 3.05) is 7.11 Å². The van der Waals surface area contributed by atoms with Gasteiger partial charge in [0.25, 0.3) is 5.91 Å². The Balaban J connectivity index is 1.06. The molecule has 2 N–H and O–H groups in total. The number of hydrogen-bond donors (Lipinski definition) is 2. The number of carbonyl (C=O) groups excluding carboxylic acids is 1. The molecule has 0 atom stereocenters. The van der Waals surface area contributed by atoms with Crippen molar-refractivity contribution in [3.05, 3.63) is 95.9 Å². The van der Waals surface area contributed by atoms with Crippen LogP contribution in [0.3, 0.4) is 0 Å². The predicted molar refractivity (Wildman–Crippen MR) is 163 cm³/mol. The van der Waals surface area contributed by atoms with E-state index in [1.165, 1.54) is 6.07 Å². The molecule has 0 unspecified atom stereocenters. The highest BCUT2D eigenvalue weighted by atomic mass is 19.1. The number of aromatic nitrogens is 2. The number of nitrogens with zero attached hydrogens (tertiary/aromatic N) is 2. The average molecular weight is 578 g/mol. The van der Waals surface area contributed by atoms with Gasteiger partial charge in [-0.05, 0) is 90.1 Å². The minimum atomic E-state index is -0.743. The summed E-state index contributed by atoms with van der Waals surface area (Å²) in [5.41, 5.74) is 5.27. The Bertz CT molecular complexity index is 1870. The number of rotatable bonds is 8. The zero-order chi connectivity index (χ0) is 29.7. The molecule has 2 aliphatic carbocycles. The van der Waals surface area contributed by atoms with E-state index >= 15 is 0 Å². The third-order valence-corrected chi connectivity index (χ3v) is 9.23. The molecule has 7 nitrogen and oxygen atoms in total. The largest absolute Gasteiger partial charge is 0.481 e. The SMILES string of the molecule is COc1ccc2cc(-c3ccc(Cn4ccc5c(F)ccc(C(=O)NC6CC7(CC(CC(=O)O)C7)C6)c54)cc3)ccc2n1. The van der Waals surface area contributed by atoms with Crippen LogP contribution in [-0.4, -0.2) is 39.7 Å². The first-order valence-corrected chi connectivity index (χ1v) is 14.6. The number of carboxylic acids is 1. The van der Waals surface area contributed by atoms with Crippen LogP contribution in [0.2, 0.25) is 0 Å². The van der Waals surface area contributed by atoms with Gasteiger partial charge < -0.3 is 19.7 Å². The number of methoxy groups -OCH3 is 1. The molecule has 2 heterocycles. The fraction of sp³-hybridized carbons (Fsp3) is 0.286. The zero-order valence-corrected chi connectivity index (χ0v) is 23.8. The molecule has 2 fully saturated rings. The summed E-state index contributed by atoms with van der Waals surface area (Å²) in [6.07, 6.45) is 5.63. The molecule has 2 saturated carbocycles. The second-order valence-corrected chi connectivity index (χ2v) is 12.2. The van der Waals surface area contributed by atoms with Crippen LogP contribution in [0.5, 0.6) is 5.88 Å². The lowest BCUT2D eigenvalue weighted by Gasteiger charge is -2.57. The first-order chi connectivity index (χ1) is 20.8. The lowest BCUT2D eigenvalue weighted by Crippen LogP contribution is -2.56. The summed E-state index contributed by atoms with van der Waals surface area (Å²) in [4.78, 5) is 28.9. The molecule has 218 valence electrons. The highest BCUT2D eigenvalue weighted by Crippen LogP contribution is 2.59. The average Bonchev–Trinajstić information content (AvgIpc) is 3.39. The molecule has 0 saturated heterocycles. The van der Waals surface area contributed by atoms with Crippen LogP contribution in [0.15, 0.2) is 79.0 Å². The maximum atomic E-state index is 14.8. The zero-order valence-electron chi connectivity index (χ0n) is 23.8. The Hall–Kier alpha value is -4.72. The molecule has 0 radical (unpaired) electrons. The summed E-state index contributed by atoms with van der Waals surface area (Å²) in [6.45, 7) is 0.493. The number of pyridine rings is 1. The highest BCUT2D eigenvalue weighted by Gasteiger charge is 2.53. The van der Waals surface area contributed by atoms with E-state index < -0.39 is 5.97 Å². The van der Waals surface area contributed by atoms with Gasteiger partial charge in [0.05, 0.1) is 23.7 Å². The van der Waals surface area contributed by atoms with Crippen LogP contribution in [0.1, 0.15) is 48.0 Å². The number of benzene rings is 3. The first-order valence-electron chi connectivity index (χ1n) is 14.6. The number of ether oxygens (including phenoxy) is 1. The monoisotopic (exact) mass is 577 g/mol. The van der Waals surface area contributed by atoms with Crippen LogP contribution in [0, 0.1) is 17.2 Å². The van der Waals surface area contributed by atoms with Crippen molar-refractivity contribution in [3.63, 3.8) is 0 Å². The van der Waals surface area contributed by atoms with Gasteiger partial charge in [-0.15, -0.1) is 0 Å². The third kappa shape index (κ3) is 5.11. The van der Waals surface area contributed by atoms with E-state index in [0.717, 1.165) is 53.3 Å². The minimum Gasteiger partial charge on any atom is -0.481 e. The normalized spacial score (nSPS) is 21.0. The lowest BCUT2D eigenvalue weighted by atomic mass is 9.49. The summed E-state index contributed by atoms with van der Waals surface area (Å²) in [7, 11) is 1.61. The van der Waals surface area contributed by atoms with Gasteiger partial charge in [0.15, 0.2) is 0 Å². The van der Waals surface area contributed by atoms with E-state index in [1.54, 1.807) is 19.2 Å². The number of hydrogen-bond acceptors (Lipinski definition) is 4. The van der Waals surface area contributed by atoms with Crippen LogP contribution in [0.25, 0.3) is 32.9 Å². The molecular weight excluding hydrogens is 545 g/mol. The standard InChI is InChI=1S/C35H32FN3O4/c1-43-31-11-7-25-15-24(6-10-30(25)38-31)23-4-2-21(3-5-23)20-39-13-12-27-29(36)9-8-28(33(27)39)34(42)37-26-18-35(19-26)16-22(17-35)14-32(40)41/h2-13,15,22,26H,14,16-20H2,1H3,(H,37,42)(H,40,41). The van der Waals surface area contributed by atoms with Gasteiger partial charge >= 0.3 is 5.97 Å². The van der Waals surface area contributed by atoms with Gasteiger partial charge in [-0.2, -0.15) is 0 Å². The molecule has 2 aliphatic rings. The summed E-state index contributed by atoms with van der Waals surface area (Å²) in [5.74, 6) is -0.471. The molecule has 7 rings (SSSR count). The quantitative estimate of drug-likeness (QED) is 0.211. The first kappa shape index (κ1) is 27.1.